The van der Waals surface area contributed by atoms with E-state index in [1.54, 1.807) is 0 Å². The lowest BCUT2D eigenvalue weighted by molar-refractivity contribution is -0.137. The lowest BCUT2D eigenvalue weighted by Gasteiger charge is -2.36. The van der Waals surface area contributed by atoms with E-state index in [-0.39, 0.29) is 18.1 Å². The molecule has 1 saturated heterocycles. The molecule has 2 aromatic rings. The Labute approximate surface area is 162 Å². The van der Waals surface area contributed by atoms with Gasteiger partial charge in [0.25, 0.3) is 0 Å². The number of anilines is 2. The molecule has 0 radical (unpaired) electrons. The molecule has 1 aliphatic heterocycles. The van der Waals surface area contributed by atoms with Crippen LogP contribution in [0.2, 0.25) is 0 Å². The van der Waals surface area contributed by atoms with Crippen molar-refractivity contribution in [1.82, 2.24) is 4.90 Å². The van der Waals surface area contributed by atoms with Crippen LogP contribution in [0.25, 0.3) is 0 Å². The summed E-state index contributed by atoms with van der Waals surface area (Å²) < 4.78 is 38.3. The second-order valence-corrected chi connectivity index (χ2v) is 7.11. The maximum Gasteiger partial charge on any atom is 0.416 e. The van der Waals surface area contributed by atoms with Gasteiger partial charge in [-0.05, 0) is 49.2 Å². The molecule has 0 aliphatic carbocycles. The van der Waals surface area contributed by atoms with Crippen LogP contribution in [0.4, 0.5) is 24.5 Å². The zero-order valence-electron chi connectivity index (χ0n) is 16.0. The molecule has 3 rings (SSSR count). The van der Waals surface area contributed by atoms with Gasteiger partial charge in [-0.3, -0.25) is 9.69 Å². The number of hydrogen-bond acceptors (Lipinski definition) is 3. The fraction of sp³-hybridized carbons (Fsp3) is 0.381. The lowest BCUT2D eigenvalue weighted by atomic mass is 10.1. The standard InChI is InChI=1S/C21H24F3N3O/c1-15-5-3-8-19(16(15)2)27-11-9-26(10-12-27)14-20(28)25-18-7-4-6-17(13-18)21(22,23)24/h3-8,13H,9-12,14H2,1-2H3,(H,25,28). The second kappa shape index (κ2) is 8.22. The Balaban J connectivity index is 1.53. The van der Waals surface area contributed by atoms with Crippen molar-refractivity contribution in [1.29, 1.82) is 0 Å². The molecule has 0 unspecified atom stereocenters. The number of hydrogen-bond donors (Lipinski definition) is 1. The van der Waals surface area contributed by atoms with Crippen LogP contribution in [0.15, 0.2) is 42.5 Å². The van der Waals surface area contributed by atoms with Crippen molar-refractivity contribution >= 4 is 17.3 Å². The van der Waals surface area contributed by atoms with Crippen LogP contribution in [0.5, 0.6) is 0 Å². The zero-order chi connectivity index (χ0) is 20.3. The highest BCUT2D eigenvalue weighted by Gasteiger charge is 2.30. The number of halogens is 3. The Bertz CT molecular complexity index is 843. The minimum atomic E-state index is -4.43. The number of rotatable bonds is 4. The topological polar surface area (TPSA) is 35.6 Å². The number of aryl methyl sites for hydroxylation is 1. The molecule has 0 atom stereocenters. The smallest absolute Gasteiger partial charge is 0.369 e. The van der Waals surface area contributed by atoms with E-state index in [1.165, 1.54) is 28.9 Å². The van der Waals surface area contributed by atoms with E-state index in [0.717, 1.165) is 38.3 Å². The Morgan fingerprint density at radius 2 is 1.71 bits per heavy atom. The Morgan fingerprint density at radius 3 is 2.39 bits per heavy atom. The third-order valence-corrected chi connectivity index (χ3v) is 5.13. The highest BCUT2D eigenvalue weighted by Crippen LogP contribution is 2.30. The van der Waals surface area contributed by atoms with Gasteiger partial charge in [-0.25, -0.2) is 0 Å². The lowest BCUT2D eigenvalue weighted by Crippen LogP contribution is -2.48. The molecule has 4 nitrogen and oxygen atoms in total. The first kappa shape index (κ1) is 20.2. The van der Waals surface area contributed by atoms with Crippen molar-refractivity contribution in [3.63, 3.8) is 0 Å². The van der Waals surface area contributed by atoms with Crippen LogP contribution in [-0.2, 0) is 11.0 Å². The zero-order valence-corrected chi connectivity index (χ0v) is 16.0. The number of amides is 1. The fourth-order valence-electron chi connectivity index (χ4n) is 3.40. The highest BCUT2D eigenvalue weighted by molar-refractivity contribution is 5.92. The molecule has 0 saturated carbocycles. The van der Waals surface area contributed by atoms with E-state index in [9.17, 15) is 18.0 Å². The van der Waals surface area contributed by atoms with E-state index in [4.69, 9.17) is 0 Å². The number of carbonyl (C=O) groups excluding carboxylic acids is 1. The molecule has 2 aromatic carbocycles. The van der Waals surface area contributed by atoms with Gasteiger partial charge in [0.15, 0.2) is 0 Å². The van der Waals surface area contributed by atoms with Crippen molar-refractivity contribution in [3.8, 4) is 0 Å². The molecular formula is C21H24F3N3O. The largest absolute Gasteiger partial charge is 0.416 e. The molecule has 0 bridgehead atoms. The molecule has 150 valence electrons. The Kier molecular flexibility index (Phi) is 5.93. The first-order chi connectivity index (χ1) is 13.2. The van der Waals surface area contributed by atoms with Crippen molar-refractivity contribution < 1.29 is 18.0 Å². The van der Waals surface area contributed by atoms with Gasteiger partial charge in [-0.1, -0.05) is 18.2 Å². The fourth-order valence-corrected chi connectivity index (χ4v) is 3.40. The van der Waals surface area contributed by atoms with Gasteiger partial charge >= 0.3 is 6.18 Å². The van der Waals surface area contributed by atoms with Crippen LogP contribution in [-0.4, -0.2) is 43.5 Å². The van der Waals surface area contributed by atoms with Gasteiger partial charge in [-0.2, -0.15) is 13.2 Å². The van der Waals surface area contributed by atoms with Crippen molar-refractivity contribution in [3.05, 3.63) is 59.2 Å². The quantitative estimate of drug-likeness (QED) is 0.853. The van der Waals surface area contributed by atoms with Gasteiger partial charge in [0.1, 0.15) is 0 Å². The Morgan fingerprint density at radius 1 is 1.04 bits per heavy atom. The third kappa shape index (κ3) is 4.84. The number of alkyl halides is 3. The third-order valence-electron chi connectivity index (χ3n) is 5.13. The van der Waals surface area contributed by atoms with E-state index in [2.05, 4.69) is 36.2 Å². The van der Waals surface area contributed by atoms with Gasteiger partial charge in [0, 0.05) is 37.6 Å². The molecule has 1 amide bonds. The number of nitrogens with zero attached hydrogens (tertiary/aromatic N) is 2. The van der Waals surface area contributed by atoms with Gasteiger partial charge in [0.05, 0.1) is 12.1 Å². The van der Waals surface area contributed by atoms with Crippen LogP contribution in [0, 0.1) is 13.8 Å². The van der Waals surface area contributed by atoms with Gasteiger partial charge in [-0.15, -0.1) is 0 Å². The van der Waals surface area contributed by atoms with Gasteiger partial charge in [0.2, 0.25) is 5.91 Å². The molecule has 1 fully saturated rings. The highest BCUT2D eigenvalue weighted by atomic mass is 19.4. The first-order valence-electron chi connectivity index (χ1n) is 9.24. The van der Waals surface area contributed by atoms with Gasteiger partial charge < -0.3 is 10.2 Å². The van der Waals surface area contributed by atoms with Crippen molar-refractivity contribution in [2.75, 3.05) is 42.9 Å². The summed E-state index contributed by atoms with van der Waals surface area (Å²) in [7, 11) is 0. The molecule has 1 N–H and O–H groups in total. The monoisotopic (exact) mass is 391 g/mol. The van der Waals surface area contributed by atoms with Crippen LogP contribution in [0.1, 0.15) is 16.7 Å². The number of nitrogens with one attached hydrogen (secondary N) is 1. The molecule has 1 aliphatic rings. The maximum atomic E-state index is 12.8. The van der Waals surface area contributed by atoms with Crippen LogP contribution >= 0.6 is 0 Å². The van der Waals surface area contributed by atoms with Crippen LogP contribution in [0.3, 0.4) is 0 Å². The maximum absolute atomic E-state index is 12.8. The summed E-state index contributed by atoms with van der Waals surface area (Å²) >= 11 is 0. The first-order valence-corrected chi connectivity index (χ1v) is 9.24. The average molecular weight is 391 g/mol. The summed E-state index contributed by atoms with van der Waals surface area (Å²) in [4.78, 5) is 16.6. The Hall–Kier alpha value is -2.54. The minimum Gasteiger partial charge on any atom is -0.369 e. The summed E-state index contributed by atoms with van der Waals surface area (Å²) in [5.41, 5.74) is 3.12. The summed E-state index contributed by atoms with van der Waals surface area (Å²) in [5.74, 6) is -0.306. The second-order valence-electron chi connectivity index (χ2n) is 7.11. The summed E-state index contributed by atoms with van der Waals surface area (Å²) in [6, 6.07) is 10.9. The number of benzene rings is 2. The summed E-state index contributed by atoms with van der Waals surface area (Å²) in [6.45, 7) is 7.43. The van der Waals surface area contributed by atoms with Crippen LogP contribution < -0.4 is 10.2 Å². The van der Waals surface area contributed by atoms with E-state index >= 15 is 0 Å². The van der Waals surface area contributed by atoms with Crippen molar-refractivity contribution in [2.24, 2.45) is 0 Å². The molecule has 0 spiro atoms. The molecule has 0 aromatic heterocycles. The van der Waals surface area contributed by atoms with E-state index < -0.39 is 11.7 Å². The number of piperazine rings is 1. The molecule has 28 heavy (non-hydrogen) atoms. The predicted molar refractivity (Wildman–Crippen MR) is 105 cm³/mol. The van der Waals surface area contributed by atoms with Crippen molar-refractivity contribution in [2.45, 2.75) is 20.0 Å². The van der Waals surface area contributed by atoms with E-state index in [0.29, 0.717) is 0 Å². The number of carbonyl (C=O) groups is 1. The predicted octanol–water partition coefficient (Wildman–Crippen LogP) is 4.08. The SMILES string of the molecule is Cc1cccc(N2CCN(CC(=O)Nc3cccc(C(F)(F)F)c3)CC2)c1C. The minimum absolute atomic E-state index is 0.161. The summed E-state index contributed by atoms with van der Waals surface area (Å²) in [5, 5.41) is 2.57. The summed E-state index contributed by atoms with van der Waals surface area (Å²) in [6.07, 6.45) is -4.43. The average Bonchev–Trinajstić information content (AvgIpc) is 2.64. The van der Waals surface area contributed by atoms with E-state index in [1.807, 2.05) is 11.0 Å². The molecular weight excluding hydrogens is 367 g/mol. The normalized spacial score (nSPS) is 15.5. The molecule has 1 heterocycles. The molecule has 7 heteroatoms.